The molecule has 0 saturated carbocycles. The monoisotopic (exact) mass is 301 g/mol. The van der Waals surface area contributed by atoms with Crippen molar-refractivity contribution in [2.24, 2.45) is 0 Å². The molecule has 1 aromatic rings. The zero-order chi connectivity index (χ0) is 11.5. The van der Waals surface area contributed by atoms with E-state index in [1.165, 1.54) is 11.3 Å². The Balaban J connectivity index is 2.35. The lowest BCUT2D eigenvalue weighted by molar-refractivity contribution is -0.153. The Morgan fingerprint density at radius 1 is 1.53 bits per heavy atom. The largest absolute Gasteiger partial charge is 0.397 e. The van der Waals surface area contributed by atoms with Crippen LogP contribution in [0.5, 0.6) is 0 Å². The summed E-state index contributed by atoms with van der Waals surface area (Å²) < 4.78 is 36.2. The maximum Gasteiger partial charge on any atom is 0.397 e. The maximum absolute atomic E-state index is 11.8. The van der Waals surface area contributed by atoms with Crippen LogP contribution in [0.2, 0.25) is 0 Å². The Kier molecular flexibility index (Phi) is 4.15. The molecule has 0 fully saturated rings. The molecule has 84 valence electrons. The van der Waals surface area contributed by atoms with E-state index in [4.69, 9.17) is 0 Å². The van der Waals surface area contributed by atoms with E-state index < -0.39 is 18.5 Å². The Labute approximate surface area is 96.6 Å². The Morgan fingerprint density at radius 3 is 2.67 bits per heavy atom. The summed E-state index contributed by atoms with van der Waals surface area (Å²) in [6.07, 6.45) is -5.88. The first-order valence-electron chi connectivity index (χ1n) is 3.93. The van der Waals surface area contributed by atoms with E-state index in [0.717, 1.165) is 9.35 Å². The van der Waals surface area contributed by atoms with Crippen molar-refractivity contribution in [3.05, 3.63) is 20.8 Å². The second-order valence-electron chi connectivity index (χ2n) is 2.80. The van der Waals surface area contributed by atoms with Crippen LogP contribution in [0.1, 0.15) is 11.3 Å². The summed E-state index contributed by atoms with van der Waals surface area (Å²) in [4.78, 5) is 11.6. The van der Waals surface area contributed by atoms with Crippen LogP contribution in [0.3, 0.4) is 0 Å². The molecule has 7 heteroatoms. The number of amides is 1. The van der Waals surface area contributed by atoms with Crippen molar-refractivity contribution in [2.45, 2.75) is 19.1 Å². The lowest BCUT2D eigenvalue weighted by Gasteiger charge is -2.06. The van der Waals surface area contributed by atoms with Gasteiger partial charge in [-0.15, -0.1) is 11.3 Å². The predicted octanol–water partition coefficient (Wildman–Crippen LogP) is 3.08. The van der Waals surface area contributed by atoms with Gasteiger partial charge in [0.1, 0.15) is 6.42 Å². The van der Waals surface area contributed by atoms with E-state index in [2.05, 4.69) is 21.2 Å². The summed E-state index contributed by atoms with van der Waals surface area (Å²) in [5.74, 6) is -1.01. The first-order chi connectivity index (χ1) is 6.87. The number of alkyl halides is 3. The van der Waals surface area contributed by atoms with Gasteiger partial charge in [0, 0.05) is 14.7 Å². The number of nitrogens with one attached hydrogen (secondary N) is 1. The van der Waals surface area contributed by atoms with Crippen LogP contribution >= 0.6 is 27.3 Å². The summed E-state index contributed by atoms with van der Waals surface area (Å²) in [7, 11) is 0. The molecule has 1 aromatic heterocycles. The molecule has 0 unspecified atom stereocenters. The van der Waals surface area contributed by atoms with Crippen LogP contribution in [-0.2, 0) is 11.3 Å². The molecular weight excluding hydrogens is 295 g/mol. The Hall–Kier alpha value is -0.560. The molecule has 0 bridgehead atoms. The van der Waals surface area contributed by atoms with E-state index in [9.17, 15) is 18.0 Å². The van der Waals surface area contributed by atoms with Gasteiger partial charge in [-0.3, -0.25) is 4.79 Å². The van der Waals surface area contributed by atoms with Crippen molar-refractivity contribution in [1.82, 2.24) is 5.32 Å². The Bertz CT molecular complexity index is 350. The fourth-order valence-electron chi connectivity index (χ4n) is 0.877. The first kappa shape index (κ1) is 12.5. The molecule has 0 radical (unpaired) electrons. The molecule has 15 heavy (non-hydrogen) atoms. The molecular formula is C8H7BrF3NOS. The molecule has 0 atom stereocenters. The number of carbonyl (C=O) groups excluding carboxylic acids is 1. The highest BCUT2D eigenvalue weighted by Gasteiger charge is 2.30. The molecule has 0 aliphatic heterocycles. The Morgan fingerprint density at radius 2 is 2.20 bits per heavy atom. The molecule has 1 N–H and O–H groups in total. The van der Waals surface area contributed by atoms with Gasteiger partial charge in [-0.25, -0.2) is 0 Å². The second-order valence-corrected chi connectivity index (χ2v) is 4.71. The average Bonchev–Trinajstić information content (AvgIpc) is 2.45. The first-order valence-corrected chi connectivity index (χ1v) is 5.60. The number of thiophene rings is 1. The third-order valence-corrected chi connectivity index (χ3v) is 3.14. The van der Waals surface area contributed by atoms with E-state index in [1.54, 1.807) is 11.4 Å². The van der Waals surface area contributed by atoms with Gasteiger partial charge in [-0.1, -0.05) is 0 Å². The molecule has 1 rings (SSSR count). The van der Waals surface area contributed by atoms with Crippen LogP contribution in [0.25, 0.3) is 0 Å². The number of carbonyl (C=O) groups is 1. The summed E-state index contributed by atoms with van der Waals surface area (Å²) in [5, 5.41) is 4.00. The van der Waals surface area contributed by atoms with Crippen molar-refractivity contribution in [3.63, 3.8) is 0 Å². The number of hydrogen-bond donors (Lipinski definition) is 1. The van der Waals surface area contributed by atoms with Gasteiger partial charge in [0.15, 0.2) is 0 Å². The minimum atomic E-state index is -4.44. The van der Waals surface area contributed by atoms with E-state index in [0.29, 0.717) is 0 Å². The van der Waals surface area contributed by atoms with Crippen LogP contribution in [0.15, 0.2) is 15.9 Å². The van der Waals surface area contributed by atoms with E-state index in [1.807, 2.05) is 0 Å². The van der Waals surface area contributed by atoms with Crippen LogP contribution in [0, 0.1) is 0 Å². The maximum atomic E-state index is 11.8. The fraction of sp³-hybridized carbons (Fsp3) is 0.375. The number of hydrogen-bond acceptors (Lipinski definition) is 2. The predicted molar refractivity (Wildman–Crippen MR) is 54.5 cm³/mol. The summed E-state index contributed by atoms with van der Waals surface area (Å²) in [6, 6.07) is 1.75. The molecule has 0 aliphatic rings. The highest BCUT2D eigenvalue weighted by Crippen LogP contribution is 2.21. The third-order valence-electron chi connectivity index (χ3n) is 1.44. The van der Waals surface area contributed by atoms with Gasteiger partial charge in [0.05, 0.1) is 6.54 Å². The lowest BCUT2D eigenvalue weighted by Crippen LogP contribution is -2.27. The zero-order valence-electron chi connectivity index (χ0n) is 7.40. The van der Waals surface area contributed by atoms with Gasteiger partial charge < -0.3 is 5.32 Å². The molecule has 1 amide bonds. The van der Waals surface area contributed by atoms with Crippen LogP contribution in [-0.4, -0.2) is 12.1 Å². The van der Waals surface area contributed by atoms with Crippen molar-refractivity contribution in [2.75, 3.05) is 0 Å². The minimum absolute atomic E-state index is 0.130. The van der Waals surface area contributed by atoms with Gasteiger partial charge in [0.2, 0.25) is 5.91 Å². The highest BCUT2D eigenvalue weighted by atomic mass is 79.9. The van der Waals surface area contributed by atoms with Crippen molar-refractivity contribution < 1.29 is 18.0 Å². The van der Waals surface area contributed by atoms with Gasteiger partial charge in [-0.05, 0) is 22.0 Å². The van der Waals surface area contributed by atoms with Crippen LogP contribution in [0.4, 0.5) is 13.2 Å². The van der Waals surface area contributed by atoms with Gasteiger partial charge in [-0.2, -0.15) is 13.2 Å². The summed E-state index contributed by atoms with van der Waals surface area (Å²) >= 11 is 4.57. The lowest BCUT2D eigenvalue weighted by atomic mass is 10.4. The molecule has 0 spiro atoms. The van der Waals surface area contributed by atoms with Crippen LogP contribution < -0.4 is 5.32 Å². The van der Waals surface area contributed by atoms with E-state index >= 15 is 0 Å². The average molecular weight is 302 g/mol. The standard InChI is InChI=1S/C8H7BrF3NOS/c9-5-1-6(15-4-5)3-13-7(14)2-8(10,11)12/h1,4H,2-3H2,(H,13,14). The summed E-state index contributed by atoms with van der Waals surface area (Å²) in [5.41, 5.74) is 0. The molecule has 2 nitrogen and oxygen atoms in total. The fourth-order valence-corrected chi connectivity index (χ4v) is 2.27. The molecule has 1 heterocycles. The number of halogens is 4. The van der Waals surface area contributed by atoms with Crippen molar-refractivity contribution >= 4 is 33.2 Å². The van der Waals surface area contributed by atoms with E-state index in [-0.39, 0.29) is 6.54 Å². The molecule has 0 aliphatic carbocycles. The highest BCUT2D eigenvalue weighted by molar-refractivity contribution is 9.10. The smallest absolute Gasteiger partial charge is 0.351 e. The normalized spacial score (nSPS) is 11.5. The molecule has 0 saturated heterocycles. The summed E-state index contributed by atoms with van der Waals surface area (Å²) in [6.45, 7) is 0.130. The SMILES string of the molecule is O=C(CC(F)(F)F)NCc1cc(Br)cs1. The van der Waals surface area contributed by atoms with Crippen molar-refractivity contribution in [1.29, 1.82) is 0 Å². The minimum Gasteiger partial charge on any atom is -0.351 e. The quantitative estimate of drug-likeness (QED) is 0.913. The number of rotatable bonds is 3. The molecule has 0 aromatic carbocycles. The third kappa shape index (κ3) is 5.17. The van der Waals surface area contributed by atoms with Gasteiger partial charge in [0.25, 0.3) is 0 Å². The zero-order valence-corrected chi connectivity index (χ0v) is 9.80. The second kappa shape index (κ2) is 4.98. The van der Waals surface area contributed by atoms with Crippen molar-refractivity contribution in [3.8, 4) is 0 Å². The topological polar surface area (TPSA) is 29.1 Å². The van der Waals surface area contributed by atoms with Gasteiger partial charge >= 0.3 is 6.18 Å².